The van der Waals surface area contributed by atoms with Gasteiger partial charge in [-0.3, -0.25) is 4.79 Å². The van der Waals surface area contributed by atoms with Gasteiger partial charge in [0.25, 0.3) is 5.91 Å². The number of hydrogen-bond donors (Lipinski definition) is 1. The summed E-state index contributed by atoms with van der Waals surface area (Å²) in [6, 6.07) is 25.0. The molecule has 3 aromatic carbocycles. The van der Waals surface area contributed by atoms with Crippen LogP contribution in [0.2, 0.25) is 0 Å². The number of nitrogens with zero attached hydrogens (tertiary/aromatic N) is 2. The van der Waals surface area contributed by atoms with Gasteiger partial charge in [-0.15, -0.1) is 0 Å². The fourth-order valence-corrected chi connectivity index (χ4v) is 3.96. The van der Waals surface area contributed by atoms with Crippen molar-refractivity contribution in [2.24, 2.45) is 0 Å². The first-order valence-corrected chi connectivity index (χ1v) is 11.1. The Balaban J connectivity index is 1.49. The molecular weight excluding hydrogens is 454 g/mol. The summed E-state index contributed by atoms with van der Waals surface area (Å²) in [5.74, 6) is 1.58. The zero-order valence-corrected chi connectivity index (χ0v) is 18.9. The predicted octanol–water partition coefficient (Wildman–Crippen LogP) is 5.76. The highest BCUT2D eigenvalue weighted by Gasteiger charge is 2.19. The molecule has 0 saturated heterocycles. The normalized spacial score (nSPS) is 11.9. The first-order chi connectivity index (χ1) is 15.1. The molecule has 0 aliphatic carbocycles. The molecule has 0 bridgehead atoms. The maximum atomic E-state index is 12.7. The van der Waals surface area contributed by atoms with Crippen LogP contribution in [0.3, 0.4) is 0 Å². The van der Waals surface area contributed by atoms with E-state index in [-0.39, 0.29) is 11.9 Å². The first-order valence-electron chi connectivity index (χ1n) is 10.3. The van der Waals surface area contributed by atoms with E-state index in [2.05, 4.69) is 31.9 Å². The Kier molecular flexibility index (Phi) is 6.67. The van der Waals surface area contributed by atoms with Crippen molar-refractivity contribution in [3.63, 3.8) is 0 Å². The van der Waals surface area contributed by atoms with Gasteiger partial charge in [-0.05, 0) is 55.8 Å². The number of aryl methyl sites for hydroxylation is 1. The van der Waals surface area contributed by atoms with Crippen LogP contribution in [0.25, 0.3) is 11.0 Å². The second-order valence-electron chi connectivity index (χ2n) is 7.33. The lowest BCUT2D eigenvalue weighted by molar-refractivity contribution is 0.0937. The highest BCUT2D eigenvalue weighted by Crippen LogP contribution is 2.22. The number of fused-ring (bicyclic) bond motifs is 1. The van der Waals surface area contributed by atoms with E-state index in [0.29, 0.717) is 12.2 Å². The van der Waals surface area contributed by atoms with E-state index >= 15 is 0 Å². The summed E-state index contributed by atoms with van der Waals surface area (Å²) in [7, 11) is 0. The fourth-order valence-electron chi connectivity index (χ4n) is 3.56. The minimum absolute atomic E-state index is 0.125. The molecule has 0 fully saturated rings. The molecule has 0 aliphatic heterocycles. The van der Waals surface area contributed by atoms with Crippen LogP contribution in [-0.2, 0) is 6.54 Å². The fraction of sp³-hybridized carbons (Fsp3) is 0.200. The van der Waals surface area contributed by atoms with Gasteiger partial charge in [-0.1, -0.05) is 52.3 Å². The third kappa shape index (κ3) is 5.14. The van der Waals surface area contributed by atoms with Crippen molar-refractivity contribution in [2.45, 2.75) is 25.9 Å². The lowest BCUT2D eigenvalue weighted by Crippen LogP contribution is -2.28. The molecule has 1 aromatic heterocycles. The predicted molar refractivity (Wildman–Crippen MR) is 126 cm³/mol. The van der Waals surface area contributed by atoms with E-state index in [1.54, 1.807) is 6.07 Å². The number of carbonyl (C=O) groups is 1. The Hall–Kier alpha value is -3.12. The number of aromatic nitrogens is 2. The molecular formula is C25H24BrN3O2. The molecule has 0 radical (unpaired) electrons. The van der Waals surface area contributed by atoms with E-state index < -0.39 is 0 Å². The quantitative estimate of drug-likeness (QED) is 0.328. The molecule has 1 N–H and O–H groups in total. The molecule has 4 rings (SSSR count). The highest BCUT2D eigenvalue weighted by atomic mass is 79.9. The SMILES string of the molecule is CC(NC(=O)c1cccc(Br)c1)c1nc2ccccc2n1CCCOc1ccccc1. The molecule has 0 saturated carbocycles. The third-order valence-electron chi connectivity index (χ3n) is 5.04. The maximum absolute atomic E-state index is 12.7. The van der Waals surface area contributed by atoms with Crippen LogP contribution in [0.1, 0.15) is 35.6 Å². The van der Waals surface area contributed by atoms with Crippen molar-refractivity contribution >= 4 is 32.9 Å². The zero-order valence-electron chi connectivity index (χ0n) is 17.3. The topological polar surface area (TPSA) is 56.2 Å². The number of ether oxygens (including phenoxy) is 1. The molecule has 1 amide bonds. The second kappa shape index (κ2) is 9.79. The average molecular weight is 478 g/mol. The molecule has 1 atom stereocenters. The van der Waals surface area contributed by atoms with Crippen LogP contribution in [0.4, 0.5) is 0 Å². The number of rotatable bonds is 8. The number of para-hydroxylation sites is 3. The number of hydrogen-bond acceptors (Lipinski definition) is 3. The van der Waals surface area contributed by atoms with E-state index in [0.717, 1.165) is 40.0 Å². The zero-order chi connectivity index (χ0) is 21.6. The average Bonchev–Trinajstić information content (AvgIpc) is 3.16. The smallest absolute Gasteiger partial charge is 0.251 e. The Bertz CT molecular complexity index is 1170. The number of imidazole rings is 1. The molecule has 6 heteroatoms. The summed E-state index contributed by atoms with van der Waals surface area (Å²) in [4.78, 5) is 17.5. The van der Waals surface area contributed by atoms with Gasteiger partial charge in [-0.2, -0.15) is 0 Å². The van der Waals surface area contributed by atoms with Gasteiger partial charge in [0.05, 0.1) is 23.7 Å². The summed E-state index contributed by atoms with van der Waals surface area (Å²) >= 11 is 3.42. The molecule has 158 valence electrons. The van der Waals surface area contributed by atoms with Gasteiger partial charge in [0.2, 0.25) is 0 Å². The van der Waals surface area contributed by atoms with Crippen LogP contribution in [-0.4, -0.2) is 22.1 Å². The van der Waals surface area contributed by atoms with Crippen LogP contribution < -0.4 is 10.1 Å². The van der Waals surface area contributed by atoms with Crippen LogP contribution in [0, 0.1) is 0 Å². The van der Waals surface area contributed by atoms with Crippen molar-refractivity contribution in [3.05, 3.63) is 94.7 Å². The molecule has 1 heterocycles. The number of amides is 1. The molecule has 1 unspecified atom stereocenters. The van der Waals surface area contributed by atoms with Crippen LogP contribution >= 0.6 is 15.9 Å². The van der Waals surface area contributed by atoms with Crippen molar-refractivity contribution in [1.82, 2.24) is 14.9 Å². The van der Waals surface area contributed by atoms with E-state index in [1.807, 2.05) is 73.7 Å². The molecule has 31 heavy (non-hydrogen) atoms. The van der Waals surface area contributed by atoms with Gasteiger partial charge < -0.3 is 14.6 Å². The molecule has 0 aliphatic rings. The van der Waals surface area contributed by atoms with Crippen molar-refractivity contribution in [2.75, 3.05) is 6.61 Å². The summed E-state index contributed by atoms with van der Waals surface area (Å²) in [6.07, 6.45) is 0.828. The lowest BCUT2D eigenvalue weighted by atomic mass is 10.2. The minimum atomic E-state index is -0.242. The minimum Gasteiger partial charge on any atom is -0.494 e. The summed E-state index contributed by atoms with van der Waals surface area (Å²) < 4.78 is 8.89. The number of halogens is 1. The Morgan fingerprint density at radius 3 is 2.65 bits per heavy atom. The molecule has 5 nitrogen and oxygen atoms in total. The highest BCUT2D eigenvalue weighted by molar-refractivity contribution is 9.10. The standard InChI is InChI=1S/C25H24BrN3O2/c1-18(27-25(30)19-9-7-10-20(26)17-19)24-28-22-13-5-6-14-23(22)29(24)15-8-16-31-21-11-3-2-4-12-21/h2-7,9-14,17-18H,8,15-16H2,1H3,(H,27,30). The number of nitrogens with one attached hydrogen (secondary N) is 1. The second-order valence-corrected chi connectivity index (χ2v) is 8.25. The monoisotopic (exact) mass is 477 g/mol. The summed E-state index contributed by atoms with van der Waals surface area (Å²) in [5, 5.41) is 3.08. The van der Waals surface area contributed by atoms with Gasteiger partial charge >= 0.3 is 0 Å². The third-order valence-corrected chi connectivity index (χ3v) is 5.54. The van der Waals surface area contributed by atoms with Crippen LogP contribution in [0.15, 0.2) is 83.3 Å². The van der Waals surface area contributed by atoms with E-state index in [4.69, 9.17) is 9.72 Å². The Morgan fingerprint density at radius 2 is 1.84 bits per heavy atom. The summed E-state index contributed by atoms with van der Waals surface area (Å²) in [5.41, 5.74) is 2.59. The first kappa shape index (κ1) is 21.1. The largest absolute Gasteiger partial charge is 0.494 e. The van der Waals surface area contributed by atoms with E-state index in [9.17, 15) is 4.79 Å². The van der Waals surface area contributed by atoms with Crippen LogP contribution in [0.5, 0.6) is 5.75 Å². The van der Waals surface area contributed by atoms with Gasteiger partial charge in [-0.25, -0.2) is 4.98 Å². The van der Waals surface area contributed by atoms with Crippen molar-refractivity contribution in [3.8, 4) is 5.75 Å². The van der Waals surface area contributed by atoms with Crippen molar-refractivity contribution < 1.29 is 9.53 Å². The van der Waals surface area contributed by atoms with Gasteiger partial charge in [0.15, 0.2) is 0 Å². The molecule has 0 spiro atoms. The Morgan fingerprint density at radius 1 is 1.06 bits per heavy atom. The number of benzene rings is 3. The lowest BCUT2D eigenvalue weighted by Gasteiger charge is -2.17. The van der Waals surface area contributed by atoms with E-state index in [1.165, 1.54) is 0 Å². The summed E-state index contributed by atoms with van der Waals surface area (Å²) in [6.45, 7) is 3.32. The van der Waals surface area contributed by atoms with Gasteiger partial charge in [0, 0.05) is 16.6 Å². The maximum Gasteiger partial charge on any atom is 0.251 e. The van der Waals surface area contributed by atoms with Crippen molar-refractivity contribution in [1.29, 1.82) is 0 Å². The number of carbonyl (C=O) groups excluding carboxylic acids is 1. The molecule has 4 aromatic rings. The Labute approximate surface area is 190 Å². The van der Waals surface area contributed by atoms with Gasteiger partial charge in [0.1, 0.15) is 11.6 Å².